The average Bonchev–Trinajstić information content (AvgIpc) is 2.28. The summed E-state index contributed by atoms with van der Waals surface area (Å²) in [5.41, 5.74) is 5.01. The summed E-state index contributed by atoms with van der Waals surface area (Å²) >= 11 is 4.51. The van der Waals surface area contributed by atoms with E-state index in [0.717, 1.165) is 6.20 Å². The second kappa shape index (κ2) is 5.85. The topological polar surface area (TPSA) is 97.1 Å². The molecule has 2 amide bonds. The lowest BCUT2D eigenvalue weighted by atomic mass is 10.3. The van der Waals surface area contributed by atoms with Crippen LogP contribution in [0.2, 0.25) is 0 Å². The molecule has 0 aliphatic carbocycles. The van der Waals surface area contributed by atoms with Gasteiger partial charge in [0, 0.05) is 6.20 Å². The van der Waals surface area contributed by atoms with Gasteiger partial charge in [-0.15, -0.1) is 0 Å². The fraction of sp³-hybridized carbons (Fsp3) is 0.111. The van der Waals surface area contributed by atoms with Gasteiger partial charge >= 0.3 is 11.8 Å². The molecule has 90 valence electrons. The Morgan fingerprint density at radius 3 is 2.76 bits per heavy atom. The van der Waals surface area contributed by atoms with E-state index in [4.69, 9.17) is 5.73 Å². The van der Waals surface area contributed by atoms with Gasteiger partial charge in [0.2, 0.25) is 0 Å². The SMILES string of the molecule is NC(=S)CNC(=O)C(=O)Nc1ccncc1F. The molecule has 0 unspecified atom stereocenters. The fourth-order valence-corrected chi connectivity index (χ4v) is 0.975. The van der Waals surface area contributed by atoms with Crippen molar-refractivity contribution in [1.82, 2.24) is 10.3 Å². The molecule has 1 aromatic heterocycles. The van der Waals surface area contributed by atoms with Gasteiger partial charge in [-0.05, 0) is 6.07 Å². The lowest BCUT2D eigenvalue weighted by molar-refractivity contribution is -0.135. The Balaban J connectivity index is 2.58. The zero-order valence-electron chi connectivity index (χ0n) is 8.57. The van der Waals surface area contributed by atoms with Crippen LogP contribution in [0.25, 0.3) is 0 Å². The highest BCUT2D eigenvalue weighted by Gasteiger charge is 2.15. The number of nitrogens with zero attached hydrogens (tertiary/aromatic N) is 1. The number of nitrogens with one attached hydrogen (secondary N) is 2. The van der Waals surface area contributed by atoms with Crippen molar-refractivity contribution in [2.24, 2.45) is 5.73 Å². The Morgan fingerprint density at radius 2 is 2.18 bits per heavy atom. The van der Waals surface area contributed by atoms with Gasteiger partial charge in [0.1, 0.15) is 0 Å². The summed E-state index contributed by atoms with van der Waals surface area (Å²) < 4.78 is 13.1. The van der Waals surface area contributed by atoms with E-state index < -0.39 is 17.6 Å². The summed E-state index contributed by atoms with van der Waals surface area (Å²) in [6.07, 6.45) is 2.20. The zero-order chi connectivity index (χ0) is 12.8. The van der Waals surface area contributed by atoms with Gasteiger partial charge in [0.25, 0.3) is 0 Å². The number of carbonyl (C=O) groups is 2. The maximum Gasteiger partial charge on any atom is 0.313 e. The second-order valence-corrected chi connectivity index (χ2v) is 3.48. The van der Waals surface area contributed by atoms with E-state index in [-0.39, 0.29) is 17.2 Å². The van der Waals surface area contributed by atoms with E-state index in [9.17, 15) is 14.0 Å². The first-order chi connectivity index (χ1) is 8.00. The summed E-state index contributed by atoms with van der Waals surface area (Å²) in [5, 5.41) is 4.25. The predicted molar refractivity (Wildman–Crippen MR) is 62.6 cm³/mol. The molecule has 0 aromatic carbocycles. The van der Waals surface area contributed by atoms with Crippen LogP contribution in [-0.4, -0.2) is 28.3 Å². The van der Waals surface area contributed by atoms with Crippen molar-refractivity contribution in [2.75, 3.05) is 11.9 Å². The Labute approximate surface area is 101 Å². The van der Waals surface area contributed by atoms with E-state index in [1.54, 1.807) is 0 Å². The maximum absolute atomic E-state index is 13.1. The van der Waals surface area contributed by atoms with Gasteiger partial charge in [-0.3, -0.25) is 14.6 Å². The second-order valence-electron chi connectivity index (χ2n) is 2.96. The smallest absolute Gasteiger partial charge is 0.313 e. The normalized spacial score (nSPS) is 9.47. The summed E-state index contributed by atoms with van der Waals surface area (Å²) in [5.74, 6) is -2.69. The quantitative estimate of drug-likeness (QED) is 0.503. The van der Waals surface area contributed by atoms with Crippen LogP contribution in [0.1, 0.15) is 0 Å². The van der Waals surface area contributed by atoms with E-state index in [1.807, 2.05) is 0 Å². The van der Waals surface area contributed by atoms with Crippen LogP contribution in [0.3, 0.4) is 0 Å². The summed E-state index contributed by atoms with van der Waals surface area (Å²) in [7, 11) is 0. The van der Waals surface area contributed by atoms with Crippen LogP contribution in [-0.2, 0) is 9.59 Å². The number of halogens is 1. The van der Waals surface area contributed by atoms with E-state index in [1.165, 1.54) is 12.3 Å². The first-order valence-electron chi connectivity index (χ1n) is 4.47. The van der Waals surface area contributed by atoms with Gasteiger partial charge in [-0.2, -0.15) is 0 Å². The van der Waals surface area contributed by atoms with Crippen LogP contribution in [0.15, 0.2) is 18.5 Å². The van der Waals surface area contributed by atoms with Crippen LogP contribution in [0.4, 0.5) is 10.1 Å². The molecule has 0 aliphatic heterocycles. The van der Waals surface area contributed by atoms with Gasteiger partial charge in [0.05, 0.1) is 23.4 Å². The molecule has 17 heavy (non-hydrogen) atoms. The first kappa shape index (κ1) is 13.0. The lowest BCUT2D eigenvalue weighted by Gasteiger charge is -2.05. The molecule has 8 heteroatoms. The summed E-state index contributed by atoms with van der Waals surface area (Å²) in [6, 6.07) is 1.23. The van der Waals surface area contributed by atoms with Gasteiger partial charge in [-0.1, -0.05) is 12.2 Å². The van der Waals surface area contributed by atoms with E-state index in [2.05, 4.69) is 27.8 Å². The Bertz CT molecular complexity index is 466. The number of rotatable bonds is 3. The maximum atomic E-state index is 13.1. The minimum atomic E-state index is -1.01. The molecule has 0 bridgehead atoms. The van der Waals surface area contributed by atoms with Crippen molar-refractivity contribution < 1.29 is 14.0 Å². The average molecular weight is 256 g/mol. The number of aromatic nitrogens is 1. The number of amides is 2. The van der Waals surface area contributed by atoms with Crippen molar-refractivity contribution in [2.45, 2.75) is 0 Å². The third kappa shape index (κ3) is 4.11. The molecule has 0 radical (unpaired) electrons. The third-order valence-corrected chi connectivity index (χ3v) is 1.79. The van der Waals surface area contributed by atoms with Crippen molar-refractivity contribution >= 4 is 34.7 Å². The minimum Gasteiger partial charge on any atom is -0.392 e. The molecule has 0 aliphatic rings. The van der Waals surface area contributed by atoms with E-state index in [0.29, 0.717) is 0 Å². The van der Waals surface area contributed by atoms with Gasteiger partial charge in [-0.25, -0.2) is 4.39 Å². The Morgan fingerprint density at radius 1 is 1.47 bits per heavy atom. The molecule has 0 fully saturated rings. The van der Waals surface area contributed by atoms with Crippen molar-refractivity contribution in [3.8, 4) is 0 Å². The standard InChI is InChI=1S/C9H9FN4O2S/c10-5-3-12-2-1-6(5)14-9(16)8(15)13-4-7(11)17/h1-3H,4H2,(H2,11,17)(H,13,15)(H,12,14,16). The molecule has 1 aromatic rings. The van der Waals surface area contributed by atoms with Crippen LogP contribution in [0.5, 0.6) is 0 Å². The number of hydrogen-bond acceptors (Lipinski definition) is 4. The predicted octanol–water partition coefficient (Wildman–Crippen LogP) is -0.439. The number of thiocarbonyl (C=S) groups is 1. The first-order valence-corrected chi connectivity index (χ1v) is 4.88. The zero-order valence-corrected chi connectivity index (χ0v) is 9.38. The molecule has 0 atom stereocenters. The number of pyridine rings is 1. The number of nitrogens with two attached hydrogens (primary N) is 1. The van der Waals surface area contributed by atoms with Gasteiger partial charge in [0.15, 0.2) is 5.82 Å². The molecule has 0 saturated heterocycles. The molecule has 0 spiro atoms. The molecular formula is C9H9FN4O2S. The van der Waals surface area contributed by atoms with Gasteiger partial charge < -0.3 is 16.4 Å². The molecule has 1 heterocycles. The van der Waals surface area contributed by atoms with Crippen molar-refractivity contribution in [3.05, 3.63) is 24.3 Å². The largest absolute Gasteiger partial charge is 0.392 e. The van der Waals surface area contributed by atoms with E-state index >= 15 is 0 Å². The summed E-state index contributed by atoms with van der Waals surface area (Å²) in [4.78, 5) is 26.0. The van der Waals surface area contributed by atoms with Crippen LogP contribution >= 0.6 is 12.2 Å². The van der Waals surface area contributed by atoms with Crippen LogP contribution < -0.4 is 16.4 Å². The molecule has 4 N–H and O–H groups in total. The highest BCUT2D eigenvalue weighted by molar-refractivity contribution is 7.80. The van der Waals surface area contributed by atoms with Crippen LogP contribution in [0, 0.1) is 5.82 Å². The number of hydrogen-bond donors (Lipinski definition) is 3. The Kier molecular flexibility index (Phi) is 4.46. The lowest BCUT2D eigenvalue weighted by Crippen LogP contribution is -2.39. The minimum absolute atomic E-state index is 0.0428. The molecular weight excluding hydrogens is 247 g/mol. The van der Waals surface area contributed by atoms with Crippen molar-refractivity contribution in [3.63, 3.8) is 0 Å². The monoisotopic (exact) mass is 256 g/mol. The summed E-state index contributed by atoms with van der Waals surface area (Å²) in [6.45, 7) is -0.0968. The molecule has 1 rings (SSSR count). The molecule has 6 nitrogen and oxygen atoms in total. The fourth-order valence-electron chi connectivity index (χ4n) is 0.903. The third-order valence-electron chi connectivity index (χ3n) is 1.65. The number of anilines is 1. The number of carbonyl (C=O) groups excluding carboxylic acids is 2. The van der Waals surface area contributed by atoms with Crippen molar-refractivity contribution in [1.29, 1.82) is 0 Å². The Hall–Kier alpha value is -2.09. The highest BCUT2D eigenvalue weighted by Crippen LogP contribution is 2.10. The highest BCUT2D eigenvalue weighted by atomic mass is 32.1. The molecule has 0 saturated carbocycles.